The van der Waals surface area contributed by atoms with Gasteiger partial charge < -0.3 is 57.5 Å². The van der Waals surface area contributed by atoms with Gasteiger partial charge in [0.15, 0.2) is 6.23 Å². The Morgan fingerprint density at radius 3 is 2.04 bits per heavy atom. The molecule has 17 nitrogen and oxygen atoms in total. The number of hydrogen-bond acceptors (Lipinski definition) is 11. The minimum atomic E-state index is -1.68. The summed E-state index contributed by atoms with van der Waals surface area (Å²) in [5, 5.41) is 52.3. The lowest BCUT2D eigenvalue weighted by Gasteiger charge is -2.43. The van der Waals surface area contributed by atoms with Gasteiger partial charge in [-0.15, -0.1) is 0 Å². The highest BCUT2D eigenvalue weighted by atomic mass is 16.5. The van der Waals surface area contributed by atoms with Crippen molar-refractivity contribution in [3.63, 3.8) is 0 Å². The van der Waals surface area contributed by atoms with Crippen LogP contribution in [0.1, 0.15) is 50.9 Å². The Morgan fingerprint density at radius 1 is 0.891 bits per heavy atom. The number of aliphatic hydroxyl groups is 4. The van der Waals surface area contributed by atoms with E-state index in [1.165, 1.54) is 19.1 Å². The van der Waals surface area contributed by atoms with Crippen molar-refractivity contribution in [2.45, 2.75) is 95.3 Å². The van der Waals surface area contributed by atoms with E-state index in [9.17, 15) is 49.2 Å². The Bertz CT molecular complexity index is 1230. The Morgan fingerprint density at radius 2 is 1.52 bits per heavy atom. The average Bonchev–Trinajstić information content (AvgIpc) is 2.98. The maximum atomic E-state index is 13.6. The lowest BCUT2D eigenvalue weighted by molar-refractivity contribution is -0.203. The molecule has 9 atom stereocenters. The van der Waals surface area contributed by atoms with Crippen molar-refractivity contribution in [3.8, 4) is 0 Å². The van der Waals surface area contributed by atoms with E-state index in [1.807, 2.05) is 0 Å². The molecule has 1 aliphatic rings. The molecule has 0 radical (unpaired) electrons. The van der Waals surface area contributed by atoms with Gasteiger partial charge in [0.05, 0.1) is 19.1 Å². The molecule has 1 aliphatic heterocycles. The van der Waals surface area contributed by atoms with Crippen LogP contribution in [-0.2, 0) is 28.7 Å². The molecule has 0 unspecified atom stereocenters. The number of hydrogen-bond donors (Lipinski definition) is 10. The SMILES string of the molecule is CC(=O)N[C@@H]1[C@@H](O)[C@H](O)[C@@H](CO)O[C@H]1NC(=O)[C@H](CC(=O)N[C@@H](CC(C)C)C(=O)N[C@H](C(N)=O)[C@@H](C)O)NC(=O)c1ccccc1. The Labute approximate surface area is 265 Å². The third-order valence-corrected chi connectivity index (χ3v) is 7.07. The van der Waals surface area contributed by atoms with Crippen molar-refractivity contribution >= 4 is 35.4 Å². The molecule has 1 aromatic carbocycles. The van der Waals surface area contributed by atoms with Crippen LogP contribution in [-0.4, -0.2) is 117 Å². The highest BCUT2D eigenvalue weighted by Crippen LogP contribution is 2.20. The number of rotatable bonds is 15. The van der Waals surface area contributed by atoms with Gasteiger partial charge >= 0.3 is 0 Å². The van der Waals surface area contributed by atoms with Crippen molar-refractivity contribution in [1.82, 2.24) is 26.6 Å². The van der Waals surface area contributed by atoms with E-state index in [4.69, 9.17) is 10.5 Å². The van der Waals surface area contributed by atoms with E-state index in [1.54, 1.807) is 32.0 Å². The Hall–Kier alpha value is -4.16. The van der Waals surface area contributed by atoms with Gasteiger partial charge in [0, 0.05) is 12.5 Å². The first-order valence-corrected chi connectivity index (χ1v) is 14.7. The quantitative estimate of drug-likeness (QED) is 0.0875. The van der Waals surface area contributed by atoms with Crippen molar-refractivity contribution < 1.29 is 53.9 Å². The topological polar surface area (TPSA) is 279 Å². The molecule has 46 heavy (non-hydrogen) atoms. The summed E-state index contributed by atoms with van der Waals surface area (Å²) in [7, 11) is 0. The van der Waals surface area contributed by atoms with Gasteiger partial charge in [-0.25, -0.2) is 0 Å². The van der Waals surface area contributed by atoms with E-state index in [0.717, 1.165) is 6.92 Å². The van der Waals surface area contributed by atoms with Gasteiger partial charge in [-0.3, -0.25) is 28.8 Å². The minimum absolute atomic E-state index is 0.0905. The van der Waals surface area contributed by atoms with Crippen molar-refractivity contribution in [1.29, 1.82) is 0 Å². The number of ether oxygens (including phenoxy) is 1. The normalized spacial score (nSPS) is 23.6. The van der Waals surface area contributed by atoms with Gasteiger partial charge in [0.2, 0.25) is 29.5 Å². The fourth-order valence-electron chi connectivity index (χ4n) is 4.74. The fraction of sp³-hybridized carbons (Fsp3) is 0.586. The van der Waals surface area contributed by atoms with Crippen LogP contribution in [0.4, 0.5) is 0 Å². The highest BCUT2D eigenvalue weighted by molar-refractivity contribution is 5.99. The molecular weight excluding hydrogens is 608 g/mol. The molecule has 1 fully saturated rings. The summed E-state index contributed by atoms with van der Waals surface area (Å²) in [6.07, 6.45) is -8.12. The molecule has 0 aromatic heterocycles. The molecule has 0 saturated carbocycles. The second-order valence-electron chi connectivity index (χ2n) is 11.5. The van der Waals surface area contributed by atoms with E-state index in [0.29, 0.717) is 0 Å². The first kappa shape index (κ1) is 38.0. The summed E-state index contributed by atoms with van der Waals surface area (Å²) >= 11 is 0. The Kier molecular flexibility index (Phi) is 14.5. The van der Waals surface area contributed by atoms with Crippen LogP contribution in [0, 0.1) is 5.92 Å². The second-order valence-corrected chi connectivity index (χ2v) is 11.5. The second kappa shape index (κ2) is 17.5. The molecule has 0 spiro atoms. The van der Waals surface area contributed by atoms with Crippen molar-refractivity contribution in [2.24, 2.45) is 11.7 Å². The lowest BCUT2D eigenvalue weighted by Crippen LogP contribution is -2.69. The molecule has 17 heteroatoms. The minimum Gasteiger partial charge on any atom is -0.394 e. The van der Waals surface area contributed by atoms with Gasteiger partial charge in [-0.05, 0) is 31.4 Å². The van der Waals surface area contributed by atoms with Gasteiger partial charge in [-0.2, -0.15) is 0 Å². The van der Waals surface area contributed by atoms with Crippen LogP contribution in [0.5, 0.6) is 0 Å². The van der Waals surface area contributed by atoms with Crippen molar-refractivity contribution in [2.75, 3.05) is 6.61 Å². The summed E-state index contributed by atoms with van der Waals surface area (Å²) in [5.74, 6) is -5.21. The molecule has 1 heterocycles. The summed E-state index contributed by atoms with van der Waals surface area (Å²) in [6, 6.07) is 2.09. The zero-order valence-corrected chi connectivity index (χ0v) is 26.0. The monoisotopic (exact) mass is 652 g/mol. The zero-order chi connectivity index (χ0) is 34.7. The van der Waals surface area contributed by atoms with Crippen molar-refractivity contribution in [3.05, 3.63) is 35.9 Å². The number of nitrogens with two attached hydrogens (primary N) is 1. The van der Waals surface area contributed by atoms with Crippen LogP contribution >= 0.6 is 0 Å². The number of carbonyl (C=O) groups excluding carboxylic acids is 6. The van der Waals surface area contributed by atoms with E-state index < -0.39 is 103 Å². The molecule has 0 aliphatic carbocycles. The van der Waals surface area contributed by atoms with Gasteiger partial charge in [0.1, 0.15) is 42.5 Å². The number of carbonyl (C=O) groups is 6. The third kappa shape index (κ3) is 11.0. The molecule has 1 saturated heterocycles. The maximum absolute atomic E-state index is 13.6. The molecule has 11 N–H and O–H groups in total. The van der Waals surface area contributed by atoms with Crippen LogP contribution < -0.4 is 32.3 Å². The molecule has 256 valence electrons. The summed E-state index contributed by atoms with van der Waals surface area (Å²) < 4.78 is 5.53. The number of nitrogens with one attached hydrogen (secondary N) is 5. The van der Waals surface area contributed by atoms with E-state index in [-0.39, 0.29) is 17.9 Å². The van der Waals surface area contributed by atoms with Gasteiger partial charge in [-0.1, -0.05) is 32.0 Å². The number of primary amides is 1. The predicted octanol–water partition coefficient (Wildman–Crippen LogP) is -3.88. The van der Waals surface area contributed by atoms with E-state index in [2.05, 4.69) is 26.6 Å². The molecule has 6 amide bonds. The molecule has 2 rings (SSSR count). The average molecular weight is 653 g/mol. The number of benzene rings is 1. The maximum Gasteiger partial charge on any atom is 0.251 e. The summed E-state index contributed by atoms with van der Waals surface area (Å²) in [5.41, 5.74) is 5.42. The standard InChI is InChI=1S/C29H44N6O11/c1-13(2)10-17(27(44)34-21(14(3)37)25(30)42)32-20(39)11-18(33-26(43)16-8-6-5-7-9-16)28(45)35-29-22(31-15(4)38)24(41)23(40)19(12-36)46-29/h5-9,13-14,17-19,21-24,29,36-37,40-41H,10-12H2,1-4H3,(H2,30,42)(H,31,38)(H,32,39)(H,33,43)(H,34,44)(H,35,45)/t14-,17+,18+,19-,21+,22-,23-,24-,29-/m1/s1. The first-order valence-electron chi connectivity index (χ1n) is 14.7. The van der Waals surface area contributed by atoms with Gasteiger partial charge in [0.25, 0.3) is 5.91 Å². The van der Waals surface area contributed by atoms with Crippen LogP contribution in [0.15, 0.2) is 30.3 Å². The summed E-state index contributed by atoms with van der Waals surface area (Å²) in [6.45, 7) is 5.16. The molecule has 0 bridgehead atoms. The third-order valence-electron chi connectivity index (χ3n) is 7.07. The van der Waals surface area contributed by atoms with E-state index >= 15 is 0 Å². The highest BCUT2D eigenvalue weighted by Gasteiger charge is 2.46. The molecule has 1 aromatic rings. The van der Waals surface area contributed by atoms with Crippen LogP contribution in [0.25, 0.3) is 0 Å². The first-order chi connectivity index (χ1) is 21.5. The van der Waals surface area contributed by atoms with Crippen LogP contribution in [0.2, 0.25) is 0 Å². The molecular formula is C29H44N6O11. The number of amides is 6. The predicted molar refractivity (Wildman–Crippen MR) is 160 cm³/mol. The number of aliphatic hydroxyl groups excluding tert-OH is 4. The van der Waals surface area contributed by atoms with Crippen LogP contribution in [0.3, 0.4) is 0 Å². The summed E-state index contributed by atoms with van der Waals surface area (Å²) in [4.78, 5) is 76.3. The smallest absolute Gasteiger partial charge is 0.251 e. The largest absolute Gasteiger partial charge is 0.394 e. The zero-order valence-electron chi connectivity index (χ0n) is 26.0. The fourth-order valence-corrected chi connectivity index (χ4v) is 4.74. The lowest BCUT2D eigenvalue weighted by atomic mass is 9.95. The Balaban J connectivity index is 2.33.